The van der Waals surface area contributed by atoms with Crippen molar-refractivity contribution in [3.63, 3.8) is 0 Å². The first-order valence-corrected chi connectivity index (χ1v) is 19.8. The number of rotatable bonds is 5. The first-order chi connectivity index (χ1) is 27.8. The van der Waals surface area contributed by atoms with Crippen LogP contribution in [0.2, 0.25) is 0 Å². The van der Waals surface area contributed by atoms with E-state index in [0.717, 1.165) is 61.3 Å². The lowest BCUT2D eigenvalue weighted by Crippen LogP contribution is -2.11. The predicted molar refractivity (Wildman–Crippen MR) is 239 cm³/mol. The zero-order valence-corrected chi connectivity index (χ0v) is 31.0. The number of nitrogens with zero attached hydrogens (tertiary/aromatic N) is 2. The Labute approximate surface area is 326 Å². The van der Waals surface area contributed by atoms with Gasteiger partial charge in [0.15, 0.2) is 5.58 Å². The molecule has 12 aromatic rings. The number of hydrogen-bond donors (Lipinski definition) is 0. The van der Waals surface area contributed by atoms with E-state index in [9.17, 15) is 0 Å². The van der Waals surface area contributed by atoms with Gasteiger partial charge < -0.3 is 13.9 Å². The zero-order valence-electron chi connectivity index (χ0n) is 30.2. The Morgan fingerprint density at radius 1 is 0.464 bits per heavy atom. The SMILES string of the molecule is c1ccc(-c2ccc(N(c3ccc4c5c6ccccc6ccc5n(-c5ccccc5)c4c3)c3cccc4c3sc3ccccc34)c3oc4ccccc4c23)cc1. The molecule has 0 atom stereocenters. The van der Waals surface area contributed by atoms with Crippen LogP contribution in [0.15, 0.2) is 199 Å². The minimum atomic E-state index is 0.861. The van der Waals surface area contributed by atoms with Crippen LogP contribution in [0.4, 0.5) is 17.1 Å². The monoisotopic (exact) mass is 732 g/mol. The van der Waals surface area contributed by atoms with Crippen molar-refractivity contribution in [2.45, 2.75) is 0 Å². The van der Waals surface area contributed by atoms with Crippen LogP contribution >= 0.6 is 11.3 Å². The molecule has 56 heavy (non-hydrogen) atoms. The molecule has 3 aromatic heterocycles. The molecule has 0 saturated heterocycles. The molecule has 0 aliphatic heterocycles. The summed E-state index contributed by atoms with van der Waals surface area (Å²) in [4.78, 5) is 2.43. The summed E-state index contributed by atoms with van der Waals surface area (Å²) in [5.74, 6) is 0. The first-order valence-electron chi connectivity index (χ1n) is 19.0. The number of benzene rings is 9. The molecule has 262 valence electrons. The third kappa shape index (κ3) is 4.57. The maximum absolute atomic E-state index is 6.97. The van der Waals surface area contributed by atoms with E-state index >= 15 is 0 Å². The number of anilines is 3. The molecule has 0 amide bonds. The standard InChI is InChI=1S/C52H32N2OS/c1-3-14-33(15-4-1)38-29-31-44(51-50(38)42-21-9-11-24-47(42)55-51)54(45-23-13-22-40-39-20-10-12-25-48(39)56-52(40)45)36-27-28-41-46(32-36)53(35-17-5-2-6-18-35)43-30-26-34-16-7-8-19-37(34)49(41)43/h1-32H. The van der Waals surface area contributed by atoms with Crippen molar-refractivity contribution in [1.82, 2.24) is 4.57 Å². The summed E-state index contributed by atoms with van der Waals surface area (Å²) in [6, 6.07) is 70.1. The van der Waals surface area contributed by atoms with Crippen molar-refractivity contribution >= 4 is 103 Å². The number of para-hydroxylation sites is 2. The number of fused-ring (bicyclic) bond motifs is 11. The average Bonchev–Trinajstić information content (AvgIpc) is 3.95. The molecule has 0 bridgehead atoms. The minimum absolute atomic E-state index is 0.861. The maximum atomic E-state index is 6.97. The quantitative estimate of drug-likeness (QED) is 0.176. The highest BCUT2D eigenvalue weighted by Gasteiger charge is 2.25. The molecular weight excluding hydrogens is 701 g/mol. The Morgan fingerprint density at radius 2 is 1.20 bits per heavy atom. The van der Waals surface area contributed by atoms with Gasteiger partial charge in [0, 0.05) is 48.4 Å². The van der Waals surface area contributed by atoms with Crippen molar-refractivity contribution in [3.05, 3.63) is 194 Å². The van der Waals surface area contributed by atoms with Crippen molar-refractivity contribution in [3.8, 4) is 16.8 Å². The van der Waals surface area contributed by atoms with E-state index in [1.54, 1.807) is 0 Å². The lowest BCUT2D eigenvalue weighted by atomic mass is 9.98. The van der Waals surface area contributed by atoms with E-state index in [2.05, 4.69) is 204 Å². The first kappa shape index (κ1) is 31.2. The van der Waals surface area contributed by atoms with Crippen LogP contribution < -0.4 is 4.90 Å². The molecule has 0 fully saturated rings. The second-order valence-corrected chi connectivity index (χ2v) is 15.5. The molecule has 0 N–H and O–H groups in total. The normalized spacial score (nSPS) is 11.9. The summed E-state index contributed by atoms with van der Waals surface area (Å²) in [7, 11) is 0. The van der Waals surface area contributed by atoms with E-state index in [4.69, 9.17) is 4.42 Å². The van der Waals surface area contributed by atoms with Crippen LogP contribution in [0, 0.1) is 0 Å². The highest BCUT2D eigenvalue weighted by Crippen LogP contribution is 2.50. The lowest BCUT2D eigenvalue weighted by molar-refractivity contribution is 0.669. The van der Waals surface area contributed by atoms with E-state index < -0.39 is 0 Å². The van der Waals surface area contributed by atoms with Crippen LogP contribution in [0.1, 0.15) is 0 Å². The Balaban J connectivity index is 1.21. The molecule has 0 aliphatic rings. The molecule has 0 aliphatic carbocycles. The fourth-order valence-corrected chi connectivity index (χ4v) is 10.1. The van der Waals surface area contributed by atoms with Gasteiger partial charge >= 0.3 is 0 Å². The summed E-state index contributed by atoms with van der Waals surface area (Å²) in [6.45, 7) is 0. The second kappa shape index (κ2) is 12.2. The van der Waals surface area contributed by atoms with E-state index in [-0.39, 0.29) is 0 Å². The number of furan rings is 1. The molecule has 0 spiro atoms. The van der Waals surface area contributed by atoms with Gasteiger partial charge in [-0.2, -0.15) is 0 Å². The smallest absolute Gasteiger partial charge is 0.160 e. The number of hydrogen-bond acceptors (Lipinski definition) is 3. The van der Waals surface area contributed by atoms with Crippen LogP contribution in [0.5, 0.6) is 0 Å². The van der Waals surface area contributed by atoms with Crippen molar-refractivity contribution in [2.75, 3.05) is 4.90 Å². The average molecular weight is 733 g/mol. The Morgan fingerprint density at radius 3 is 2.07 bits per heavy atom. The van der Waals surface area contributed by atoms with Crippen LogP contribution in [0.25, 0.3) is 91.5 Å². The molecule has 9 aromatic carbocycles. The van der Waals surface area contributed by atoms with E-state index in [1.807, 2.05) is 11.3 Å². The van der Waals surface area contributed by atoms with Crippen molar-refractivity contribution < 1.29 is 4.42 Å². The third-order valence-electron chi connectivity index (χ3n) is 11.4. The summed E-state index contributed by atoms with van der Waals surface area (Å²) >= 11 is 1.85. The third-order valence-corrected chi connectivity index (χ3v) is 12.6. The summed E-state index contributed by atoms with van der Waals surface area (Å²) in [5.41, 5.74) is 10.7. The topological polar surface area (TPSA) is 21.3 Å². The predicted octanol–water partition coefficient (Wildman–Crippen LogP) is 15.3. The van der Waals surface area contributed by atoms with Gasteiger partial charge in [-0.1, -0.05) is 140 Å². The lowest BCUT2D eigenvalue weighted by Gasteiger charge is -2.27. The highest BCUT2D eigenvalue weighted by atomic mass is 32.1. The van der Waals surface area contributed by atoms with Gasteiger partial charge in [-0.3, -0.25) is 0 Å². The second-order valence-electron chi connectivity index (χ2n) is 14.4. The summed E-state index contributed by atoms with van der Waals surface area (Å²) in [6.07, 6.45) is 0. The number of aromatic nitrogens is 1. The van der Waals surface area contributed by atoms with Gasteiger partial charge in [-0.15, -0.1) is 11.3 Å². The minimum Gasteiger partial charge on any atom is -0.454 e. The van der Waals surface area contributed by atoms with E-state index in [0.29, 0.717) is 0 Å². The fraction of sp³-hybridized carbons (Fsp3) is 0. The van der Waals surface area contributed by atoms with Crippen LogP contribution in [-0.2, 0) is 0 Å². The largest absolute Gasteiger partial charge is 0.454 e. The van der Waals surface area contributed by atoms with Crippen LogP contribution in [0.3, 0.4) is 0 Å². The Bertz CT molecular complexity index is 3480. The zero-order chi connectivity index (χ0) is 36.7. The van der Waals surface area contributed by atoms with Gasteiger partial charge in [0.2, 0.25) is 0 Å². The van der Waals surface area contributed by atoms with Gasteiger partial charge in [-0.05, 0) is 76.5 Å². The summed E-state index contributed by atoms with van der Waals surface area (Å²) < 4.78 is 11.9. The number of thiophene rings is 1. The molecule has 0 radical (unpaired) electrons. The molecule has 0 unspecified atom stereocenters. The Kier molecular flexibility index (Phi) is 6.80. The van der Waals surface area contributed by atoms with Gasteiger partial charge in [0.25, 0.3) is 0 Å². The molecular formula is C52H32N2OS. The highest BCUT2D eigenvalue weighted by molar-refractivity contribution is 7.26. The van der Waals surface area contributed by atoms with E-state index in [1.165, 1.54) is 47.2 Å². The molecule has 12 rings (SSSR count). The molecule has 3 heterocycles. The van der Waals surface area contributed by atoms with Gasteiger partial charge in [-0.25, -0.2) is 0 Å². The molecule has 3 nitrogen and oxygen atoms in total. The van der Waals surface area contributed by atoms with Crippen molar-refractivity contribution in [1.29, 1.82) is 0 Å². The maximum Gasteiger partial charge on any atom is 0.160 e. The van der Waals surface area contributed by atoms with Gasteiger partial charge in [0.1, 0.15) is 5.58 Å². The van der Waals surface area contributed by atoms with Crippen LogP contribution in [-0.4, -0.2) is 4.57 Å². The van der Waals surface area contributed by atoms with Crippen molar-refractivity contribution in [2.24, 2.45) is 0 Å². The fourth-order valence-electron chi connectivity index (χ4n) is 8.94. The summed E-state index contributed by atoms with van der Waals surface area (Å²) in [5, 5.41) is 9.72. The van der Waals surface area contributed by atoms with Gasteiger partial charge in [0.05, 0.1) is 27.1 Å². The molecule has 0 saturated carbocycles. The molecule has 4 heteroatoms. The Hall–Kier alpha value is -7.14.